The number of carbonyl (C=O) groups excluding carboxylic acids is 2. The Kier molecular flexibility index (Phi) is 11.3. The second kappa shape index (κ2) is 15.3. The highest BCUT2D eigenvalue weighted by Crippen LogP contribution is 2.46. The van der Waals surface area contributed by atoms with Crippen molar-refractivity contribution in [1.29, 1.82) is 0 Å². The molecule has 0 bridgehead atoms. The molecule has 2 aromatic carbocycles. The number of imidazole rings is 1. The van der Waals surface area contributed by atoms with Gasteiger partial charge in [0.05, 0.1) is 19.0 Å². The van der Waals surface area contributed by atoms with Crippen LogP contribution in [0.15, 0.2) is 59.7 Å². The lowest BCUT2D eigenvalue weighted by Gasteiger charge is -2.52. The molecule has 0 unspecified atom stereocenters. The van der Waals surface area contributed by atoms with Crippen molar-refractivity contribution < 1.29 is 33.0 Å². The number of carbonyl (C=O) groups is 2. The maximum atomic E-state index is 14.3. The number of benzene rings is 2. The smallest absolute Gasteiger partial charge is 0.407 e. The van der Waals surface area contributed by atoms with Gasteiger partial charge in [-0.15, -0.1) is 0 Å². The van der Waals surface area contributed by atoms with E-state index in [1.165, 1.54) is 17.8 Å². The molecule has 1 fully saturated rings. The van der Waals surface area contributed by atoms with Crippen molar-refractivity contribution in [2.75, 3.05) is 18.5 Å². The van der Waals surface area contributed by atoms with Crippen LogP contribution in [0.4, 0.5) is 10.7 Å². The van der Waals surface area contributed by atoms with Gasteiger partial charge in [0.1, 0.15) is 24.9 Å². The first-order valence-corrected chi connectivity index (χ1v) is 24.9. The zero-order valence-corrected chi connectivity index (χ0v) is 36.2. The first kappa shape index (κ1) is 41.4. The number of amides is 2. The summed E-state index contributed by atoms with van der Waals surface area (Å²) in [5, 5.41) is 16.2. The Morgan fingerprint density at radius 1 is 0.911 bits per heavy atom. The van der Waals surface area contributed by atoms with Crippen LogP contribution in [0.1, 0.15) is 71.7 Å². The Morgan fingerprint density at radius 3 is 2.00 bits per heavy atom. The van der Waals surface area contributed by atoms with Crippen LogP contribution in [0.25, 0.3) is 22.3 Å². The van der Waals surface area contributed by atoms with Gasteiger partial charge in [0, 0.05) is 12.8 Å². The summed E-state index contributed by atoms with van der Waals surface area (Å²) >= 11 is 0. The Bertz CT molecular complexity index is 2110. The largest absolute Gasteiger partial charge is 0.449 e. The number of hydrogen-bond acceptors (Lipinski definition) is 10. The number of hydrogen-bond donors (Lipinski definition) is 4. The number of alkyl carbamates (subject to hydrolysis) is 1. The van der Waals surface area contributed by atoms with Gasteiger partial charge in [-0.1, -0.05) is 90.1 Å². The van der Waals surface area contributed by atoms with E-state index >= 15 is 0 Å². The molecule has 14 nitrogen and oxygen atoms in total. The summed E-state index contributed by atoms with van der Waals surface area (Å²) < 4.78 is 28.7. The van der Waals surface area contributed by atoms with Crippen LogP contribution in [-0.2, 0) is 23.1 Å². The van der Waals surface area contributed by atoms with Gasteiger partial charge in [-0.2, -0.15) is 4.98 Å². The quantitative estimate of drug-likeness (QED) is 0.127. The summed E-state index contributed by atoms with van der Waals surface area (Å²) in [5.41, 5.74) is 3.86. The molecule has 302 valence electrons. The molecule has 2 aliphatic rings. The van der Waals surface area contributed by atoms with Crippen LogP contribution in [0, 0.1) is 0 Å². The highest BCUT2D eigenvalue weighted by molar-refractivity contribution is 6.74. The first-order chi connectivity index (χ1) is 26.1. The molecule has 0 spiro atoms. The fourth-order valence-electron chi connectivity index (χ4n) is 6.89. The number of rotatable bonds is 10. The second-order valence-electron chi connectivity index (χ2n) is 17.8. The van der Waals surface area contributed by atoms with E-state index in [0.29, 0.717) is 0 Å². The summed E-state index contributed by atoms with van der Waals surface area (Å²) in [7, 11) is -5.21. The van der Waals surface area contributed by atoms with Crippen LogP contribution in [0.3, 0.4) is 0 Å². The molecule has 4 N–H and O–H groups in total. The standard InChI is InChI=1S/C40H56N6O8Si2/c1-23(48)42-37-44-34-31(35(49)45-37)41-22-46(34)36-30(43-38(50)51-21-28-26-18-14-12-16-24(26)25-17-13-15-19-27(25)28)33(54-56(10,11)40(5,6)7)32(29(20-47)52-36)53-55(8,9)39(2,3)4/h12-19,22,28-30,32-33,36,47H,20-21H2,1-11H3,(H,43,50)(H2,42,44,45,48,49)/t29-,30-,32-,33-,36-/m1/s1. The number of aliphatic hydroxyl groups excluding tert-OH is 1. The summed E-state index contributed by atoms with van der Waals surface area (Å²) in [6.45, 7) is 22.2. The van der Waals surface area contributed by atoms with E-state index in [9.17, 15) is 19.5 Å². The highest BCUT2D eigenvalue weighted by atomic mass is 28.4. The zero-order valence-electron chi connectivity index (χ0n) is 34.2. The topological polar surface area (TPSA) is 179 Å². The number of nitrogens with one attached hydrogen (secondary N) is 3. The predicted molar refractivity (Wildman–Crippen MR) is 220 cm³/mol. The Labute approximate surface area is 330 Å². The van der Waals surface area contributed by atoms with Gasteiger partial charge >= 0.3 is 6.09 Å². The van der Waals surface area contributed by atoms with Crippen molar-refractivity contribution >= 4 is 45.7 Å². The summed E-state index contributed by atoms with van der Waals surface area (Å²) in [4.78, 5) is 50.8. The fraction of sp³-hybridized carbons (Fsp3) is 0.525. The lowest BCUT2D eigenvalue weighted by molar-refractivity contribution is -0.206. The number of aliphatic hydroxyl groups is 1. The van der Waals surface area contributed by atoms with Crippen LogP contribution >= 0.6 is 0 Å². The predicted octanol–water partition coefficient (Wildman–Crippen LogP) is 6.66. The van der Waals surface area contributed by atoms with Gasteiger partial charge in [0.25, 0.3) is 5.56 Å². The van der Waals surface area contributed by atoms with Crippen LogP contribution in [0.5, 0.6) is 0 Å². The van der Waals surface area contributed by atoms with Gasteiger partial charge < -0.3 is 28.7 Å². The molecule has 5 atom stereocenters. The van der Waals surface area contributed by atoms with Crippen molar-refractivity contribution in [3.63, 3.8) is 0 Å². The van der Waals surface area contributed by atoms with Crippen molar-refractivity contribution in [3.05, 3.63) is 76.3 Å². The summed E-state index contributed by atoms with van der Waals surface area (Å²) in [5.74, 6) is -0.698. The lowest BCUT2D eigenvalue weighted by Crippen LogP contribution is -2.68. The SMILES string of the molecule is CC(=O)Nc1nc2c(ncn2[C@@H]2O[C@H](CO)[C@@H](O[Si](C)(C)C(C)(C)C)[C@H](O[Si](C)(C)C(C)(C)C)[C@H]2NC(=O)OCC2c3ccccc3-c3ccccc32)c(=O)[nH]1. The highest BCUT2D eigenvalue weighted by Gasteiger charge is 2.55. The maximum absolute atomic E-state index is 14.3. The average molecular weight is 805 g/mol. The van der Waals surface area contributed by atoms with Crippen LogP contribution in [-0.4, -0.2) is 90.8 Å². The summed E-state index contributed by atoms with van der Waals surface area (Å²) in [6, 6.07) is 15.2. The molecule has 6 rings (SSSR count). The Balaban J connectivity index is 1.44. The number of fused-ring (bicyclic) bond motifs is 4. The zero-order chi connectivity index (χ0) is 41.0. The molecule has 1 aliphatic heterocycles. The minimum Gasteiger partial charge on any atom is -0.449 e. The van der Waals surface area contributed by atoms with E-state index in [-0.39, 0.29) is 39.7 Å². The van der Waals surface area contributed by atoms with E-state index in [4.69, 9.17) is 18.3 Å². The van der Waals surface area contributed by atoms with Gasteiger partial charge in [0.2, 0.25) is 11.9 Å². The molecule has 2 aromatic heterocycles. The van der Waals surface area contributed by atoms with Crippen molar-refractivity contribution in [2.45, 2.75) is 121 Å². The van der Waals surface area contributed by atoms with Gasteiger partial charge in [-0.3, -0.25) is 24.5 Å². The first-order valence-electron chi connectivity index (χ1n) is 19.1. The molecule has 1 aliphatic carbocycles. The van der Waals surface area contributed by atoms with Crippen molar-refractivity contribution in [3.8, 4) is 11.1 Å². The van der Waals surface area contributed by atoms with E-state index < -0.39 is 71.4 Å². The number of aromatic nitrogens is 4. The van der Waals surface area contributed by atoms with E-state index in [1.54, 1.807) is 0 Å². The van der Waals surface area contributed by atoms with Crippen LogP contribution < -0.4 is 16.2 Å². The van der Waals surface area contributed by atoms with Crippen LogP contribution in [0.2, 0.25) is 36.3 Å². The normalized spacial score (nSPS) is 21.8. The monoisotopic (exact) mass is 804 g/mol. The molecule has 56 heavy (non-hydrogen) atoms. The molecule has 16 heteroatoms. The van der Waals surface area contributed by atoms with Crippen molar-refractivity contribution in [2.24, 2.45) is 0 Å². The third-order valence-corrected chi connectivity index (χ3v) is 20.9. The van der Waals surface area contributed by atoms with Gasteiger partial charge in [0.15, 0.2) is 34.0 Å². The Morgan fingerprint density at radius 2 is 1.46 bits per heavy atom. The number of aromatic amines is 1. The molecule has 1 saturated heterocycles. The van der Waals surface area contributed by atoms with Gasteiger partial charge in [-0.25, -0.2) is 9.78 Å². The maximum Gasteiger partial charge on any atom is 0.407 e. The summed E-state index contributed by atoms with van der Waals surface area (Å²) in [6.07, 6.45) is -3.03. The average Bonchev–Trinajstić information content (AvgIpc) is 3.67. The van der Waals surface area contributed by atoms with Gasteiger partial charge in [-0.05, 0) is 58.5 Å². The third kappa shape index (κ3) is 8.00. The number of H-pyrrole nitrogens is 1. The molecule has 0 radical (unpaired) electrons. The van der Waals surface area contributed by atoms with E-state index in [0.717, 1.165) is 22.3 Å². The number of ether oxygens (including phenoxy) is 2. The second-order valence-corrected chi connectivity index (χ2v) is 27.4. The minimum atomic E-state index is -2.65. The lowest BCUT2D eigenvalue weighted by atomic mass is 9.96. The molecule has 2 amide bonds. The number of anilines is 1. The molecular formula is C40H56N6O8Si2. The fourth-order valence-corrected chi connectivity index (χ4v) is 9.52. The molecule has 3 heterocycles. The van der Waals surface area contributed by atoms with E-state index in [1.807, 2.05) is 24.3 Å². The third-order valence-electron chi connectivity index (χ3n) is 11.9. The molecular weight excluding hydrogens is 749 g/mol. The molecule has 4 aromatic rings. The van der Waals surface area contributed by atoms with E-state index in [2.05, 4.69) is 118 Å². The van der Waals surface area contributed by atoms with Crippen molar-refractivity contribution in [1.82, 2.24) is 24.8 Å². The minimum absolute atomic E-state index is 0.00958. The molecule has 0 saturated carbocycles. The Hall–Kier alpha value is -4.20. The number of nitrogens with zero attached hydrogens (tertiary/aromatic N) is 3.